The standard InChI is InChI=1S/C28H28FN7O2/c1-20-27(25-10-11-31-36(25)23-8-6-21(18-30)7-9-23)34(19-26(37)33-14-12-32(2)13-15-33)28(38)35(20)24-5-3-4-22(16-24)17-29/h3-11,16H,12-15,17,19H2,1-2H3. The molecule has 194 valence electrons. The lowest BCUT2D eigenvalue weighted by atomic mass is 10.2. The van der Waals surface area contributed by atoms with E-state index in [1.807, 2.05) is 14.0 Å². The molecule has 0 bridgehead atoms. The number of hydrogen-bond donors (Lipinski definition) is 0. The van der Waals surface area contributed by atoms with E-state index < -0.39 is 6.67 Å². The van der Waals surface area contributed by atoms with Gasteiger partial charge >= 0.3 is 5.69 Å². The van der Waals surface area contributed by atoms with Crippen molar-refractivity contribution in [1.29, 1.82) is 5.26 Å². The zero-order valence-corrected chi connectivity index (χ0v) is 21.3. The van der Waals surface area contributed by atoms with Gasteiger partial charge in [-0.25, -0.2) is 13.9 Å². The molecule has 1 saturated heterocycles. The first-order chi connectivity index (χ1) is 18.4. The Bertz CT molecular complexity index is 1570. The summed E-state index contributed by atoms with van der Waals surface area (Å²) in [6, 6.07) is 17.6. The summed E-state index contributed by atoms with van der Waals surface area (Å²) in [5, 5.41) is 13.6. The Morgan fingerprint density at radius 2 is 1.79 bits per heavy atom. The molecule has 3 heterocycles. The quantitative estimate of drug-likeness (QED) is 0.395. The number of nitrogens with zero attached hydrogens (tertiary/aromatic N) is 7. The fraction of sp³-hybridized carbons (Fsp3) is 0.286. The Labute approximate surface area is 219 Å². The topological polar surface area (TPSA) is 92.1 Å². The number of imidazole rings is 1. The maximum Gasteiger partial charge on any atom is 0.333 e. The molecule has 0 saturated carbocycles. The van der Waals surface area contributed by atoms with Crippen molar-refractivity contribution in [2.24, 2.45) is 0 Å². The fourth-order valence-electron chi connectivity index (χ4n) is 4.87. The number of hydrogen-bond acceptors (Lipinski definition) is 5. The van der Waals surface area contributed by atoms with Gasteiger partial charge in [-0.1, -0.05) is 12.1 Å². The van der Waals surface area contributed by atoms with Crippen LogP contribution in [-0.2, 0) is 18.0 Å². The smallest absolute Gasteiger partial charge is 0.333 e. The number of rotatable bonds is 6. The van der Waals surface area contributed by atoms with Crippen LogP contribution in [0.3, 0.4) is 0 Å². The molecule has 2 aromatic heterocycles. The van der Waals surface area contributed by atoms with Gasteiger partial charge in [-0.3, -0.25) is 13.9 Å². The van der Waals surface area contributed by atoms with Crippen LogP contribution >= 0.6 is 0 Å². The van der Waals surface area contributed by atoms with E-state index in [-0.39, 0.29) is 18.1 Å². The van der Waals surface area contributed by atoms with E-state index in [2.05, 4.69) is 16.1 Å². The van der Waals surface area contributed by atoms with Crippen molar-refractivity contribution >= 4 is 5.91 Å². The highest BCUT2D eigenvalue weighted by molar-refractivity contribution is 5.77. The summed E-state index contributed by atoms with van der Waals surface area (Å²) in [7, 11) is 2.02. The Morgan fingerprint density at radius 1 is 1.05 bits per heavy atom. The summed E-state index contributed by atoms with van der Waals surface area (Å²) in [6.45, 7) is 3.77. The molecule has 38 heavy (non-hydrogen) atoms. The summed E-state index contributed by atoms with van der Waals surface area (Å²) in [5.74, 6) is -0.138. The number of nitriles is 1. The van der Waals surface area contributed by atoms with Crippen LogP contribution in [0.5, 0.6) is 0 Å². The lowest BCUT2D eigenvalue weighted by Gasteiger charge is -2.32. The van der Waals surface area contributed by atoms with Gasteiger partial charge in [-0.05, 0) is 62.0 Å². The minimum absolute atomic E-state index is 0.132. The van der Waals surface area contributed by atoms with Crippen molar-refractivity contribution in [3.05, 3.63) is 88.1 Å². The van der Waals surface area contributed by atoms with Crippen molar-refractivity contribution in [3.63, 3.8) is 0 Å². The van der Waals surface area contributed by atoms with Crippen LogP contribution in [-0.4, -0.2) is 67.8 Å². The summed E-state index contributed by atoms with van der Waals surface area (Å²) in [5.41, 5.74) is 3.60. The van der Waals surface area contributed by atoms with E-state index in [9.17, 15) is 19.2 Å². The number of carbonyl (C=O) groups is 1. The third kappa shape index (κ3) is 4.64. The molecule has 0 aliphatic carbocycles. The molecule has 1 amide bonds. The second-order valence-corrected chi connectivity index (χ2v) is 9.41. The Hall–Kier alpha value is -4.49. The molecule has 1 aliphatic rings. The average Bonchev–Trinajstić information content (AvgIpc) is 3.51. The van der Waals surface area contributed by atoms with Crippen molar-refractivity contribution in [2.75, 3.05) is 33.2 Å². The molecule has 10 heteroatoms. The van der Waals surface area contributed by atoms with Gasteiger partial charge in [0.25, 0.3) is 0 Å². The van der Waals surface area contributed by atoms with Gasteiger partial charge in [0.15, 0.2) is 0 Å². The highest BCUT2D eigenvalue weighted by Gasteiger charge is 2.26. The third-order valence-corrected chi connectivity index (χ3v) is 6.97. The van der Waals surface area contributed by atoms with Crippen molar-refractivity contribution in [2.45, 2.75) is 20.1 Å². The maximum absolute atomic E-state index is 13.9. The highest BCUT2D eigenvalue weighted by Crippen LogP contribution is 2.27. The van der Waals surface area contributed by atoms with Gasteiger partial charge in [0.1, 0.15) is 13.2 Å². The van der Waals surface area contributed by atoms with Crippen LogP contribution in [0.25, 0.3) is 22.8 Å². The second-order valence-electron chi connectivity index (χ2n) is 9.41. The molecular formula is C28H28FN7O2. The Morgan fingerprint density at radius 3 is 2.47 bits per heavy atom. The van der Waals surface area contributed by atoms with Gasteiger partial charge in [0.2, 0.25) is 5.91 Å². The Balaban J connectivity index is 1.65. The van der Waals surface area contributed by atoms with E-state index in [4.69, 9.17) is 0 Å². The number of halogens is 1. The Kier molecular flexibility index (Phi) is 6.94. The summed E-state index contributed by atoms with van der Waals surface area (Å²) >= 11 is 0. The summed E-state index contributed by atoms with van der Waals surface area (Å²) < 4.78 is 18.1. The SMILES string of the molecule is Cc1c(-c2ccnn2-c2ccc(C#N)cc2)n(CC(=O)N2CCN(C)CC2)c(=O)n1-c1cccc(CF)c1. The highest BCUT2D eigenvalue weighted by atomic mass is 19.1. The largest absolute Gasteiger partial charge is 0.339 e. The van der Waals surface area contributed by atoms with Gasteiger partial charge in [-0.2, -0.15) is 10.4 Å². The van der Waals surface area contributed by atoms with Crippen LogP contribution in [0.2, 0.25) is 0 Å². The molecule has 0 unspecified atom stereocenters. The molecule has 0 atom stereocenters. The third-order valence-electron chi connectivity index (χ3n) is 6.97. The first-order valence-electron chi connectivity index (χ1n) is 12.4. The summed E-state index contributed by atoms with van der Waals surface area (Å²) in [4.78, 5) is 31.2. The van der Waals surface area contributed by atoms with E-state index >= 15 is 0 Å². The fourth-order valence-corrected chi connectivity index (χ4v) is 4.87. The van der Waals surface area contributed by atoms with Gasteiger partial charge in [0, 0.05) is 26.2 Å². The molecule has 1 aliphatic heterocycles. The van der Waals surface area contributed by atoms with E-state index in [0.717, 1.165) is 13.1 Å². The van der Waals surface area contributed by atoms with Gasteiger partial charge in [-0.15, -0.1) is 0 Å². The predicted molar refractivity (Wildman–Crippen MR) is 141 cm³/mol. The number of benzene rings is 2. The minimum atomic E-state index is -0.650. The monoisotopic (exact) mass is 513 g/mol. The normalized spacial score (nSPS) is 14.0. The van der Waals surface area contributed by atoms with Crippen LogP contribution in [0, 0.1) is 18.3 Å². The lowest BCUT2D eigenvalue weighted by molar-refractivity contribution is -0.133. The molecule has 2 aromatic carbocycles. The first kappa shape index (κ1) is 25.2. The minimum Gasteiger partial charge on any atom is -0.339 e. The van der Waals surface area contributed by atoms with Crippen molar-refractivity contribution < 1.29 is 9.18 Å². The van der Waals surface area contributed by atoms with Crippen molar-refractivity contribution in [3.8, 4) is 28.8 Å². The van der Waals surface area contributed by atoms with Crippen LogP contribution < -0.4 is 5.69 Å². The molecule has 5 rings (SSSR count). The number of aromatic nitrogens is 4. The zero-order chi connectivity index (χ0) is 26.8. The predicted octanol–water partition coefficient (Wildman–Crippen LogP) is 2.92. The lowest BCUT2D eigenvalue weighted by Crippen LogP contribution is -2.48. The molecule has 9 nitrogen and oxygen atoms in total. The molecule has 0 spiro atoms. The zero-order valence-electron chi connectivity index (χ0n) is 21.3. The average molecular weight is 514 g/mol. The van der Waals surface area contributed by atoms with Crippen LogP contribution in [0.15, 0.2) is 65.6 Å². The first-order valence-corrected chi connectivity index (χ1v) is 12.4. The molecule has 0 N–H and O–H groups in total. The second kappa shape index (κ2) is 10.5. The van der Waals surface area contributed by atoms with E-state index in [1.165, 1.54) is 9.13 Å². The number of likely N-dealkylation sites (N-methyl/N-ethyl adjacent to an activating group) is 1. The maximum atomic E-state index is 13.9. The summed E-state index contributed by atoms with van der Waals surface area (Å²) in [6.07, 6.45) is 1.63. The van der Waals surface area contributed by atoms with Crippen LogP contribution in [0.4, 0.5) is 4.39 Å². The van der Waals surface area contributed by atoms with Crippen molar-refractivity contribution in [1.82, 2.24) is 28.7 Å². The molecule has 1 fully saturated rings. The molecule has 0 radical (unpaired) electrons. The van der Waals surface area contributed by atoms with Crippen LogP contribution in [0.1, 0.15) is 16.8 Å². The number of piperazine rings is 1. The van der Waals surface area contributed by atoms with E-state index in [0.29, 0.717) is 52.7 Å². The van der Waals surface area contributed by atoms with E-state index in [1.54, 1.807) is 70.4 Å². The molecular weight excluding hydrogens is 485 g/mol. The van der Waals surface area contributed by atoms with Gasteiger partial charge in [0.05, 0.1) is 46.3 Å². The molecule has 4 aromatic rings. The number of amides is 1. The number of carbonyl (C=O) groups excluding carboxylic acids is 1. The van der Waals surface area contributed by atoms with Gasteiger partial charge < -0.3 is 9.80 Å². The number of alkyl halides is 1.